The molecule has 0 saturated carbocycles. The number of fused-ring (bicyclic) bond motifs is 1. The Bertz CT molecular complexity index is 421. The zero-order valence-corrected chi connectivity index (χ0v) is 8.69. The molecular formula is C12H12O3. The minimum Gasteiger partial charge on any atom is -0.486 e. The molecule has 0 radical (unpaired) electrons. The zero-order valence-electron chi connectivity index (χ0n) is 8.69. The van der Waals surface area contributed by atoms with Crippen molar-refractivity contribution in [1.29, 1.82) is 0 Å². The number of hydrogen-bond donors (Lipinski definition) is 0. The SMILES string of the molecule is COC(=O)c1ccc2c(c1)C=CC(C)O2. The van der Waals surface area contributed by atoms with Gasteiger partial charge in [0.05, 0.1) is 12.7 Å². The highest BCUT2D eigenvalue weighted by Gasteiger charge is 2.13. The van der Waals surface area contributed by atoms with Gasteiger partial charge in [0, 0.05) is 5.56 Å². The van der Waals surface area contributed by atoms with E-state index in [2.05, 4.69) is 4.74 Å². The second kappa shape index (κ2) is 3.77. The molecule has 0 saturated heterocycles. The van der Waals surface area contributed by atoms with E-state index in [0.29, 0.717) is 5.56 Å². The summed E-state index contributed by atoms with van der Waals surface area (Å²) in [5.41, 5.74) is 1.45. The molecule has 0 amide bonds. The molecule has 1 heterocycles. The number of benzene rings is 1. The first-order valence-electron chi connectivity index (χ1n) is 4.78. The number of ether oxygens (including phenoxy) is 2. The van der Waals surface area contributed by atoms with Crippen molar-refractivity contribution in [3.05, 3.63) is 35.4 Å². The molecule has 0 fully saturated rings. The maximum Gasteiger partial charge on any atom is 0.337 e. The Labute approximate surface area is 88.3 Å². The van der Waals surface area contributed by atoms with E-state index in [9.17, 15) is 4.79 Å². The molecule has 1 aromatic rings. The average molecular weight is 204 g/mol. The maximum atomic E-state index is 11.3. The predicted molar refractivity (Wildman–Crippen MR) is 56.9 cm³/mol. The van der Waals surface area contributed by atoms with Crippen LogP contribution in [0.4, 0.5) is 0 Å². The first-order valence-corrected chi connectivity index (χ1v) is 4.78. The highest BCUT2D eigenvalue weighted by atomic mass is 16.5. The molecule has 3 nitrogen and oxygen atoms in total. The summed E-state index contributed by atoms with van der Waals surface area (Å²) in [7, 11) is 1.37. The first kappa shape index (κ1) is 9.77. The largest absolute Gasteiger partial charge is 0.486 e. The van der Waals surface area contributed by atoms with Gasteiger partial charge in [-0.15, -0.1) is 0 Å². The quantitative estimate of drug-likeness (QED) is 0.658. The van der Waals surface area contributed by atoms with Gasteiger partial charge in [0.25, 0.3) is 0 Å². The Morgan fingerprint density at radius 2 is 2.27 bits per heavy atom. The molecule has 0 spiro atoms. The molecule has 0 aliphatic carbocycles. The van der Waals surface area contributed by atoms with E-state index in [4.69, 9.17) is 4.74 Å². The van der Waals surface area contributed by atoms with Gasteiger partial charge in [-0.1, -0.05) is 6.08 Å². The second-order valence-corrected chi connectivity index (χ2v) is 3.43. The van der Waals surface area contributed by atoms with Gasteiger partial charge in [0.1, 0.15) is 11.9 Å². The van der Waals surface area contributed by atoms with Gasteiger partial charge in [0.15, 0.2) is 0 Å². The summed E-state index contributed by atoms with van der Waals surface area (Å²) in [6.45, 7) is 1.97. The first-order chi connectivity index (χ1) is 7.20. The third-order valence-electron chi connectivity index (χ3n) is 2.29. The fraction of sp³-hybridized carbons (Fsp3) is 0.250. The minimum atomic E-state index is -0.329. The summed E-state index contributed by atoms with van der Waals surface area (Å²) in [6.07, 6.45) is 3.99. The normalized spacial score (nSPS) is 17.9. The fourth-order valence-electron chi connectivity index (χ4n) is 1.51. The summed E-state index contributed by atoms with van der Waals surface area (Å²) in [5.74, 6) is 0.475. The van der Waals surface area contributed by atoms with Crippen LogP contribution >= 0.6 is 0 Å². The van der Waals surface area contributed by atoms with Crippen molar-refractivity contribution in [2.24, 2.45) is 0 Å². The van der Waals surface area contributed by atoms with E-state index in [-0.39, 0.29) is 12.1 Å². The maximum absolute atomic E-state index is 11.3. The van der Waals surface area contributed by atoms with Crippen molar-refractivity contribution >= 4 is 12.0 Å². The summed E-state index contributed by atoms with van der Waals surface area (Å²) in [4.78, 5) is 11.3. The van der Waals surface area contributed by atoms with Gasteiger partial charge >= 0.3 is 5.97 Å². The van der Waals surface area contributed by atoms with E-state index in [1.807, 2.05) is 19.1 Å². The van der Waals surface area contributed by atoms with Crippen LogP contribution in [0.5, 0.6) is 5.75 Å². The summed E-state index contributed by atoms with van der Waals surface area (Å²) in [5, 5.41) is 0. The van der Waals surface area contributed by atoms with Gasteiger partial charge in [-0.05, 0) is 31.2 Å². The van der Waals surface area contributed by atoms with Crippen LogP contribution in [0.15, 0.2) is 24.3 Å². The lowest BCUT2D eigenvalue weighted by atomic mass is 10.1. The lowest BCUT2D eigenvalue weighted by molar-refractivity contribution is 0.0600. The fourth-order valence-corrected chi connectivity index (χ4v) is 1.51. The van der Waals surface area contributed by atoms with Crippen molar-refractivity contribution < 1.29 is 14.3 Å². The van der Waals surface area contributed by atoms with Crippen molar-refractivity contribution in [1.82, 2.24) is 0 Å². The molecule has 1 aliphatic rings. The predicted octanol–water partition coefficient (Wildman–Crippen LogP) is 2.27. The number of carbonyl (C=O) groups excluding carboxylic acids is 1. The zero-order chi connectivity index (χ0) is 10.8. The molecule has 0 bridgehead atoms. The third-order valence-corrected chi connectivity index (χ3v) is 2.29. The van der Waals surface area contributed by atoms with E-state index in [1.54, 1.807) is 18.2 Å². The molecule has 1 aliphatic heterocycles. The molecule has 15 heavy (non-hydrogen) atoms. The summed E-state index contributed by atoms with van der Waals surface area (Å²) < 4.78 is 10.2. The number of hydrogen-bond acceptors (Lipinski definition) is 3. The number of methoxy groups -OCH3 is 1. The highest BCUT2D eigenvalue weighted by molar-refractivity contribution is 5.90. The topological polar surface area (TPSA) is 35.5 Å². The Hall–Kier alpha value is -1.77. The molecule has 3 heteroatoms. The third kappa shape index (κ3) is 1.86. The molecule has 1 atom stereocenters. The summed E-state index contributed by atoms with van der Waals surface area (Å²) >= 11 is 0. The Balaban J connectivity index is 2.37. The van der Waals surface area contributed by atoms with Crippen molar-refractivity contribution in [3.63, 3.8) is 0 Å². The Kier molecular flexibility index (Phi) is 2.46. The Morgan fingerprint density at radius 1 is 1.47 bits per heavy atom. The lowest BCUT2D eigenvalue weighted by Gasteiger charge is -2.18. The van der Waals surface area contributed by atoms with Crippen LogP contribution in [0.2, 0.25) is 0 Å². The monoisotopic (exact) mass is 204 g/mol. The van der Waals surface area contributed by atoms with Crippen LogP contribution in [0, 0.1) is 0 Å². The number of esters is 1. The smallest absolute Gasteiger partial charge is 0.337 e. The van der Waals surface area contributed by atoms with Crippen LogP contribution in [-0.2, 0) is 4.74 Å². The van der Waals surface area contributed by atoms with E-state index in [0.717, 1.165) is 11.3 Å². The van der Waals surface area contributed by atoms with Gasteiger partial charge in [-0.3, -0.25) is 0 Å². The molecule has 0 N–H and O–H groups in total. The molecular weight excluding hydrogens is 192 g/mol. The van der Waals surface area contributed by atoms with Crippen molar-refractivity contribution in [2.75, 3.05) is 7.11 Å². The van der Waals surface area contributed by atoms with Gasteiger partial charge in [-0.25, -0.2) is 4.79 Å². The van der Waals surface area contributed by atoms with Crippen LogP contribution in [0.1, 0.15) is 22.8 Å². The molecule has 1 aromatic carbocycles. The van der Waals surface area contributed by atoms with E-state index in [1.165, 1.54) is 7.11 Å². The Morgan fingerprint density at radius 3 is 3.00 bits per heavy atom. The van der Waals surface area contributed by atoms with E-state index < -0.39 is 0 Å². The lowest BCUT2D eigenvalue weighted by Crippen LogP contribution is -2.12. The summed E-state index contributed by atoms with van der Waals surface area (Å²) in [6, 6.07) is 5.27. The molecule has 0 aromatic heterocycles. The van der Waals surface area contributed by atoms with Crippen LogP contribution in [-0.4, -0.2) is 19.2 Å². The second-order valence-electron chi connectivity index (χ2n) is 3.43. The molecule has 2 rings (SSSR count). The van der Waals surface area contributed by atoms with E-state index >= 15 is 0 Å². The van der Waals surface area contributed by atoms with Crippen molar-refractivity contribution in [3.8, 4) is 5.75 Å². The van der Waals surface area contributed by atoms with Gasteiger partial charge in [0.2, 0.25) is 0 Å². The van der Waals surface area contributed by atoms with Crippen LogP contribution < -0.4 is 4.74 Å². The van der Waals surface area contributed by atoms with Crippen LogP contribution in [0.3, 0.4) is 0 Å². The number of carbonyl (C=O) groups is 1. The number of rotatable bonds is 1. The van der Waals surface area contributed by atoms with Gasteiger partial charge < -0.3 is 9.47 Å². The standard InChI is InChI=1S/C12H12O3/c1-8-3-4-9-7-10(12(13)14-2)5-6-11(9)15-8/h3-8H,1-2H3. The van der Waals surface area contributed by atoms with Crippen molar-refractivity contribution in [2.45, 2.75) is 13.0 Å². The van der Waals surface area contributed by atoms with Crippen LogP contribution in [0.25, 0.3) is 6.08 Å². The van der Waals surface area contributed by atoms with Gasteiger partial charge in [-0.2, -0.15) is 0 Å². The average Bonchev–Trinajstić information content (AvgIpc) is 2.27. The highest BCUT2D eigenvalue weighted by Crippen LogP contribution is 2.26. The minimum absolute atomic E-state index is 0.0847. The molecule has 78 valence electrons. The molecule has 1 unspecified atom stereocenters.